The first-order chi connectivity index (χ1) is 13.7. The Balaban J connectivity index is 0.000000431. The number of carbonyl (C=O) groups excluding carboxylic acids is 1. The largest absolute Gasteiger partial charge is 0.495 e. The standard InChI is InChI=1S/C20H26BNO2.C3H7NO/c1-19(2)20(3,4)24-21(23-19)17-11-12-18(22-13-7-8-14-22)16-10-6-5-9-15(16)17;1-4(2)3-5/h5-6,9-12H,7-8,13-14H2,1-4H3;3H,1-2H3. The fourth-order valence-corrected chi connectivity index (χ4v) is 3.72. The molecule has 0 bridgehead atoms. The Bertz CT molecular complexity index is 844. The molecule has 6 heteroatoms. The Morgan fingerprint density at radius 1 is 0.931 bits per heavy atom. The van der Waals surface area contributed by atoms with Crippen molar-refractivity contribution in [3.63, 3.8) is 0 Å². The first-order valence-corrected chi connectivity index (χ1v) is 10.4. The highest BCUT2D eigenvalue weighted by Gasteiger charge is 2.52. The predicted octanol–water partition coefficient (Wildman–Crippen LogP) is 3.44. The minimum absolute atomic E-state index is 0.312. The molecule has 2 aromatic carbocycles. The average molecular weight is 396 g/mol. The molecule has 2 fully saturated rings. The molecule has 5 nitrogen and oxygen atoms in total. The summed E-state index contributed by atoms with van der Waals surface area (Å²) < 4.78 is 12.6. The summed E-state index contributed by atoms with van der Waals surface area (Å²) in [4.78, 5) is 13.4. The summed E-state index contributed by atoms with van der Waals surface area (Å²) >= 11 is 0. The van der Waals surface area contributed by atoms with E-state index in [2.05, 4.69) is 69.0 Å². The number of amides is 1. The minimum Gasteiger partial charge on any atom is -0.399 e. The summed E-state index contributed by atoms with van der Waals surface area (Å²) in [7, 11) is 3.06. The molecule has 0 radical (unpaired) electrons. The normalized spacial score (nSPS) is 19.8. The molecule has 0 N–H and O–H groups in total. The van der Waals surface area contributed by atoms with Crippen LogP contribution in [0.25, 0.3) is 10.8 Å². The van der Waals surface area contributed by atoms with Crippen LogP contribution < -0.4 is 10.4 Å². The number of carbonyl (C=O) groups is 1. The molecule has 156 valence electrons. The number of anilines is 1. The number of nitrogens with zero attached hydrogens (tertiary/aromatic N) is 2. The van der Waals surface area contributed by atoms with Crippen molar-refractivity contribution in [2.45, 2.75) is 51.7 Å². The number of hydrogen-bond donors (Lipinski definition) is 0. The Kier molecular flexibility index (Phi) is 6.25. The van der Waals surface area contributed by atoms with Crippen molar-refractivity contribution < 1.29 is 14.1 Å². The quantitative estimate of drug-likeness (QED) is 0.589. The maximum absolute atomic E-state index is 9.43. The monoisotopic (exact) mass is 396 g/mol. The van der Waals surface area contributed by atoms with E-state index in [-0.39, 0.29) is 18.3 Å². The summed E-state index contributed by atoms with van der Waals surface area (Å²) in [5.41, 5.74) is 1.84. The lowest BCUT2D eigenvalue weighted by atomic mass is 9.76. The van der Waals surface area contributed by atoms with Crippen molar-refractivity contribution in [2.75, 3.05) is 32.1 Å². The van der Waals surface area contributed by atoms with E-state index in [0.717, 1.165) is 25.0 Å². The molecule has 0 unspecified atom stereocenters. The van der Waals surface area contributed by atoms with Crippen molar-refractivity contribution in [2.24, 2.45) is 0 Å². The molecular formula is C23H33BN2O3. The topological polar surface area (TPSA) is 42.0 Å². The van der Waals surface area contributed by atoms with Gasteiger partial charge in [-0.15, -0.1) is 0 Å². The van der Waals surface area contributed by atoms with Gasteiger partial charge >= 0.3 is 7.12 Å². The van der Waals surface area contributed by atoms with E-state index in [9.17, 15) is 4.79 Å². The number of rotatable bonds is 3. The lowest BCUT2D eigenvalue weighted by Crippen LogP contribution is -2.41. The molecule has 29 heavy (non-hydrogen) atoms. The second-order valence-corrected chi connectivity index (χ2v) is 9.07. The predicted molar refractivity (Wildman–Crippen MR) is 121 cm³/mol. The highest BCUT2D eigenvalue weighted by Crippen LogP contribution is 2.38. The fraction of sp³-hybridized carbons (Fsp3) is 0.522. The third-order valence-corrected chi connectivity index (χ3v) is 6.10. The van der Waals surface area contributed by atoms with Crippen LogP contribution in [0.1, 0.15) is 40.5 Å². The molecule has 4 rings (SSSR count). The van der Waals surface area contributed by atoms with Gasteiger partial charge in [-0.05, 0) is 57.5 Å². The summed E-state index contributed by atoms with van der Waals surface area (Å²) in [5.74, 6) is 0. The van der Waals surface area contributed by atoms with E-state index >= 15 is 0 Å². The lowest BCUT2D eigenvalue weighted by Gasteiger charge is -2.32. The van der Waals surface area contributed by atoms with Crippen LogP contribution >= 0.6 is 0 Å². The summed E-state index contributed by atoms with van der Waals surface area (Å²) in [6.07, 6.45) is 3.32. The highest BCUT2D eigenvalue weighted by atomic mass is 16.7. The molecule has 0 aliphatic carbocycles. The van der Waals surface area contributed by atoms with Crippen LogP contribution in [0.3, 0.4) is 0 Å². The Hall–Kier alpha value is -2.05. The molecule has 2 heterocycles. The van der Waals surface area contributed by atoms with Crippen molar-refractivity contribution >= 4 is 35.5 Å². The third-order valence-electron chi connectivity index (χ3n) is 6.10. The van der Waals surface area contributed by atoms with Crippen LogP contribution in [0.5, 0.6) is 0 Å². The molecule has 2 aromatic rings. The maximum Gasteiger partial charge on any atom is 0.495 e. The van der Waals surface area contributed by atoms with Gasteiger partial charge in [0.25, 0.3) is 0 Å². The summed E-state index contributed by atoms with van der Waals surface area (Å²) in [6.45, 7) is 10.7. The molecule has 2 aliphatic rings. The van der Waals surface area contributed by atoms with E-state index in [1.807, 2.05) is 0 Å². The Morgan fingerprint density at radius 3 is 1.97 bits per heavy atom. The molecule has 2 aliphatic heterocycles. The minimum atomic E-state index is -0.313. The van der Waals surface area contributed by atoms with Crippen LogP contribution in [-0.2, 0) is 14.1 Å². The zero-order valence-electron chi connectivity index (χ0n) is 18.6. The average Bonchev–Trinajstić information content (AvgIpc) is 3.27. The molecule has 1 amide bonds. The van der Waals surface area contributed by atoms with E-state index in [4.69, 9.17) is 9.31 Å². The van der Waals surface area contributed by atoms with Gasteiger partial charge in [0.05, 0.1) is 11.2 Å². The molecule has 0 spiro atoms. The number of fused-ring (bicyclic) bond motifs is 1. The first-order valence-electron chi connectivity index (χ1n) is 10.4. The Morgan fingerprint density at radius 2 is 1.45 bits per heavy atom. The van der Waals surface area contributed by atoms with Gasteiger partial charge in [0.1, 0.15) is 0 Å². The first kappa shape index (κ1) is 21.7. The maximum atomic E-state index is 9.43. The lowest BCUT2D eigenvalue weighted by molar-refractivity contribution is -0.115. The molecule has 0 atom stereocenters. The highest BCUT2D eigenvalue weighted by molar-refractivity contribution is 6.65. The van der Waals surface area contributed by atoms with Crippen LogP contribution in [-0.4, -0.2) is 56.8 Å². The summed E-state index contributed by atoms with van der Waals surface area (Å²) in [6, 6.07) is 13.1. The molecule has 2 saturated heterocycles. The third kappa shape index (κ3) is 4.43. The van der Waals surface area contributed by atoms with Crippen LogP contribution in [0.4, 0.5) is 5.69 Å². The second-order valence-electron chi connectivity index (χ2n) is 9.07. The van der Waals surface area contributed by atoms with Crippen molar-refractivity contribution in [3.05, 3.63) is 36.4 Å². The van der Waals surface area contributed by atoms with E-state index in [1.165, 1.54) is 34.2 Å². The van der Waals surface area contributed by atoms with Crippen molar-refractivity contribution in [1.29, 1.82) is 0 Å². The molecule has 0 aromatic heterocycles. The van der Waals surface area contributed by atoms with Crippen LogP contribution in [0, 0.1) is 0 Å². The van der Waals surface area contributed by atoms with Gasteiger partial charge in [-0.25, -0.2) is 0 Å². The Labute approximate surface area is 175 Å². The van der Waals surface area contributed by atoms with Crippen LogP contribution in [0.15, 0.2) is 36.4 Å². The van der Waals surface area contributed by atoms with Crippen molar-refractivity contribution in [3.8, 4) is 0 Å². The second kappa shape index (κ2) is 8.37. The van der Waals surface area contributed by atoms with Gasteiger partial charge in [-0.3, -0.25) is 4.79 Å². The van der Waals surface area contributed by atoms with E-state index in [0.29, 0.717) is 0 Å². The van der Waals surface area contributed by atoms with Crippen LogP contribution in [0.2, 0.25) is 0 Å². The van der Waals surface area contributed by atoms with Gasteiger partial charge in [0.15, 0.2) is 0 Å². The number of hydrogen-bond acceptors (Lipinski definition) is 4. The SMILES string of the molecule is CC1(C)OB(c2ccc(N3CCCC3)c3ccccc23)OC1(C)C.CN(C)C=O. The zero-order chi connectivity index (χ0) is 21.2. The van der Waals surface area contributed by atoms with Gasteiger partial charge in [-0.2, -0.15) is 0 Å². The van der Waals surface area contributed by atoms with Gasteiger partial charge in [0, 0.05) is 38.3 Å². The summed E-state index contributed by atoms with van der Waals surface area (Å²) in [5, 5.41) is 2.53. The molecule has 0 saturated carbocycles. The fourth-order valence-electron chi connectivity index (χ4n) is 3.72. The van der Waals surface area contributed by atoms with Gasteiger partial charge in [-0.1, -0.05) is 30.3 Å². The number of benzene rings is 2. The smallest absolute Gasteiger partial charge is 0.399 e. The van der Waals surface area contributed by atoms with E-state index in [1.54, 1.807) is 14.1 Å². The molecular weight excluding hydrogens is 363 g/mol. The van der Waals surface area contributed by atoms with Gasteiger partial charge < -0.3 is 19.1 Å². The van der Waals surface area contributed by atoms with E-state index < -0.39 is 0 Å². The van der Waals surface area contributed by atoms with Gasteiger partial charge in [0.2, 0.25) is 6.41 Å². The zero-order valence-corrected chi connectivity index (χ0v) is 18.6. The van der Waals surface area contributed by atoms with Crippen molar-refractivity contribution in [1.82, 2.24) is 4.90 Å².